The highest BCUT2D eigenvalue weighted by Crippen LogP contribution is 2.18. The van der Waals surface area contributed by atoms with Crippen LogP contribution in [0, 0.1) is 0 Å². The van der Waals surface area contributed by atoms with Crippen molar-refractivity contribution < 1.29 is 14.3 Å². The first kappa shape index (κ1) is 19.1. The Morgan fingerprint density at radius 1 is 0.964 bits per heavy atom. The minimum absolute atomic E-state index is 0.217. The molecule has 3 aromatic rings. The molecule has 0 unspecified atom stereocenters. The van der Waals surface area contributed by atoms with E-state index in [4.69, 9.17) is 10.5 Å². The van der Waals surface area contributed by atoms with Crippen molar-refractivity contribution in [3.05, 3.63) is 89.7 Å². The molecule has 0 saturated heterocycles. The van der Waals surface area contributed by atoms with E-state index >= 15 is 0 Å². The minimum atomic E-state index is -0.273. The monoisotopic (exact) mass is 375 g/mol. The largest absolute Gasteiger partial charge is 0.461 e. The normalized spacial score (nSPS) is 10.3. The van der Waals surface area contributed by atoms with Gasteiger partial charge in [-0.3, -0.25) is 14.6 Å². The zero-order valence-corrected chi connectivity index (χ0v) is 15.3. The molecule has 0 aliphatic rings. The Hall–Kier alpha value is -3.67. The number of nitrogens with zero attached hydrogens (tertiary/aromatic N) is 1. The van der Waals surface area contributed by atoms with Crippen molar-refractivity contribution in [2.45, 2.75) is 19.4 Å². The fourth-order valence-electron chi connectivity index (χ4n) is 2.59. The van der Waals surface area contributed by atoms with Crippen molar-refractivity contribution >= 4 is 23.3 Å². The van der Waals surface area contributed by atoms with E-state index in [0.29, 0.717) is 23.4 Å². The van der Waals surface area contributed by atoms with Gasteiger partial charge in [0.1, 0.15) is 6.61 Å². The number of aromatic nitrogens is 1. The molecule has 2 aromatic carbocycles. The number of benzene rings is 2. The van der Waals surface area contributed by atoms with Crippen LogP contribution in [-0.2, 0) is 22.6 Å². The van der Waals surface area contributed by atoms with Gasteiger partial charge < -0.3 is 15.8 Å². The Balaban J connectivity index is 1.48. The first-order valence-electron chi connectivity index (χ1n) is 8.91. The molecule has 0 saturated carbocycles. The number of esters is 1. The van der Waals surface area contributed by atoms with Gasteiger partial charge in [0, 0.05) is 29.9 Å². The second-order valence-corrected chi connectivity index (χ2v) is 6.26. The summed E-state index contributed by atoms with van der Waals surface area (Å²) in [7, 11) is 0. The lowest BCUT2D eigenvalue weighted by molar-refractivity contribution is -0.144. The molecule has 28 heavy (non-hydrogen) atoms. The van der Waals surface area contributed by atoms with Crippen LogP contribution in [0.15, 0.2) is 73.1 Å². The topological polar surface area (TPSA) is 94.3 Å². The molecule has 0 spiro atoms. The van der Waals surface area contributed by atoms with Crippen LogP contribution in [0.3, 0.4) is 0 Å². The number of hydrogen-bond acceptors (Lipinski definition) is 5. The molecular weight excluding hydrogens is 354 g/mol. The summed E-state index contributed by atoms with van der Waals surface area (Å²) in [5.74, 6) is -0.509. The molecule has 0 aliphatic heterocycles. The first-order valence-corrected chi connectivity index (χ1v) is 8.91. The number of carbonyl (C=O) groups excluding carboxylic acids is 2. The Kier molecular flexibility index (Phi) is 6.36. The number of pyridine rings is 1. The third-order valence-electron chi connectivity index (χ3n) is 4.17. The zero-order valence-electron chi connectivity index (χ0n) is 15.3. The van der Waals surface area contributed by atoms with Gasteiger partial charge in [-0.15, -0.1) is 0 Å². The van der Waals surface area contributed by atoms with Gasteiger partial charge in [0.15, 0.2) is 0 Å². The number of aryl methyl sites for hydroxylation is 1. The van der Waals surface area contributed by atoms with E-state index < -0.39 is 0 Å². The molecule has 142 valence electrons. The second kappa shape index (κ2) is 9.32. The van der Waals surface area contributed by atoms with Crippen molar-refractivity contribution in [2.24, 2.45) is 0 Å². The van der Waals surface area contributed by atoms with E-state index in [1.807, 2.05) is 30.3 Å². The van der Waals surface area contributed by atoms with E-state index in [2.05, 4.69) is 10.3 Å². The standard InChI is InChI=1S/C22H21N3O3/c23-19-5-1-2-6-20(19)25-22(27)18-10-7-16(8-11-18)9-12-21(26)28-15-17-4-3-13-24-14-17/h1-8,10-11,13-14H,9,12,15,23H2,(H,25,27). The maximum Gasteiger partial charge on any atom is 0.306 e. The van der Waals surface area contributed by atoms with Crippen LogP contribution < -0.4 is 11.1 Å². The highest BCUT2D eigenvalue weighted by atomic mass is 16.5. The Labute approximate surface area is 163 Å². The number of amides is 1. The number of nitrogens with one attached hydrogen (secondary N) is 1. The van der Waals surface area contributed by atoms with Crippen LogP contribution in [0.5, 0.6) is 0 Å². The molecule has 1 heterocycles. The number of nitrogens with two attached hydrogens (primary N) is 1. The van der Waals surface area contributed by atoms with E-state index in [9.17, 15) is 9.59 Å². The van der Waals surface area contributed by atoms with Crippen LogP contribution in [0.2, 0.25) is 0 Å². The SMILES string of the molecule is Nc1ccccc1NC(=O)c1ccc(CCC(=O)OCc2cccnc2)cc1. The van der Waals surface area contributed by atoms with Crippen molar-refractivity contribution in [3.8, 4) is 0 Å². The van der Waals surface area contributed by atoms with Gasteiger partial charge in [-0.2, -0.15) is 0 Å². The fourth-order valence-corrected chi connectivity index (χ4v) is 2.59. The predicted molar refractivity (Wildman–Crippen MR) is 108 cm³/mol. The lowest BCUT2D eigenvalue weighted by atomic mass is 10.1. The van der Waals surface area contributed by atoms with Crippen LogP contribution in [0.4, 0.5) is 11.4 Å². The summed E-state index contributed by atoms with van der Waals surface area (Å²) in [6.45, 7) is 0.217. The van der Waals surface area contributed by atoms with Gasteiger partial charge in [-0.25, -0.2) is 0 Å². The first-order chi connectivity index (χ1) is 13.6. The van der Waals surface area contributed by atoms with Crippen molar-refractivity contribution in [3.63, 3.8) is 0 Å². The minimum Gasteiger partial charge on any atom is -0.461 e. The van der Waals surface area contributed by atoms with Crippen LogP contribution >= 0.6 is 0 Å². The summed E-state index contributed by atoms with van der Waals surface area (Å²) in [6, 6.07) is 17.9. The summed E-state index contributed by atoms with van der Waals surface area (Å²) in [5.41, 5.74) is 9.25. The molecule has 1 aromatic heterocycles. The maximum atomic E-state index is 12.3. The van der Waals surface area contributed by atoms with Gasteiger partial charge in [0.2, 0.25) is 0 Å². The van der Waals surface area contributed by atoms with Crippen LogP contribution in [0.25, 0.3) is 0 Å². The highest BCUT2D eigenvalue weighted by Gasteiger charge is 2.09. The number of anilines is 2. The number of hydrogen-bond donors (Lipinski definition) is 2. The molecule has 6 heteroatoms. The lowest BCUT2D eigenvalue weighted by Crippen LogP contribution is -2.13. The highest BCUT2D eigenvalue weighted by molar-refractivity contribution is 6.05. The molecule has 6 nitrogen and oxygen atoms in total. The second-order valence-electron chi connectivity index (χ2n) is 6.26. The molecule has 3 rings (SSSR count). The Bertz CT molecular complexity index is 941. The molecule has 1 amide bonds. The molecule has 3 N–H and O–H groups in total. The Morgan fingerprint density at radius 3 is 2.46 bits per heavy atom. The number of carbonyl (C=O) groups is 2. The average molecular weight is 375 g/mol. The van der Waals surface area contributed by atoms with E-state index in [0.717, 1.165) is 11.1 Å². The van der Waals surface area contributed by atoms with Gasteiger partial charge in [-0.1, -0.05) is 30.3 Å². The maximum absolute atomic E-state index is 12.3. The van der Waals surface area contributed by atoms with Crippen LogP contribution in [-0.4, -0.2) is 16.9 Å². The average Bonchev–Trinajstić information content (AvgIpc) is 2.73. The quantitative estimate of drug-likeness (QED) is 0.486. The number of rotatable bonds is 7. The molecule has 0 fully saturated rings. The summed E-state index contributed by atoms with van der Waals surface area (Å²) >= 11 is 0. The van der Waals surface area contributed by atoms with Gasteiger partial charge in [0.05, 0.1) is 11.4 Å². The third kappa shape index (κ3) is 5.41. The van der Waals surface area contributed by atoms with Gasteiger partial charge in [0.25, 0.3) is 5.91 Å². The number of para-hydroxylation sites is 2. The summed E-state index contributed by atoms with van der Waals surface area (Å²) < 4.78 is 5.23. The molecule has 0 radical (unpaired) electrons. The summed E-state index contributed by atoms with van der Waals surface area (Å²) in [6.07, 6.45) is 4.15. The van der Waals surface area contributed by atoms with Crippen molar-refractivity contribution in [1.29, 1.82) is 0 Å². The molecule has 0 atom stereocenters. The van der Waals surface area contributed by atoms with Gasteiger partial charge >= 0.3 is 5.97 Å². The predicted octanol–water partition coefficient (Wildman–Crippen LogP) is 3.59. The van der Waals surface area contributed by atoms with Gasteiger partial charge in [-0.05, 0) is 42.3 Å². The zero-order chi connectivity index (χ0) is 19.8. The van der Waals surface area contributed by atoms with E-state index in [1.165, 1.54) is 0 Å². The smallest absolute Gasteiger partial charge is 0.306 e. The molecular formula is C22H21N3O3. The van der Waals surface area contributed by atoms with Crippen molar-refractivity contribution in [2.75, 3.05) is 11.1 Å². The number of nitrogen functional groups attached to an aromatic ring is 1. The number of ether oxygens (including phenoxy) is 1. The fraction of sp³-hybridized carbons (Fsp3) is 0.136. The lowest BCUT2D eigenvalue weighted by Gasteiger charge is -2.08. The summed E-state index contributed by atoms with van der Waals surface area (Å²) in [4.78, 5) is 28.2. The molecule has 0 aliphatic carbocycles. The van der Waals surface area contributed by atoms with Crippen LogP contribution in [0.1, 0.15) is 27.9 Å². The van der Waals surface area contributed by atoms with Crippen molar-refractivity contribution in [1.82, 2.24) is 4.98 Å². The van der Waals surface area contributed by atoms with E-state index in [-0.39, 0.29) is 24.9 Å². The molecule has 0 bridgehead atoms. The van der Waals surface area contributed by atoms with E-state index in [1.54, 1.807) is 42.7 Å². The Morgan fingerprint density at radius 2 is 1.75 bits per heavy atom. The summed E-state index contributed by atoms with van der Waals surface area (Å²) in [5, 5.41) is 2.79. The third-order valence-corrected chi connectivity index (χ3v) is 4.17.